The second kappa shape index (κ2) is 5.81. The van der Waals surface area contributed by atoms with Crippen LogP contribution >= 0.6 is 0 Å². The van der Waals surface area contributed by atoms with Crippen molar-refractivity contribution in [3.63, 3.8) is 0 Å². The first-order valence-corrected chi connectivity index (χ1v) is 6.86. The summed E-state index contributed by atoms with van der Waals surface area (Å²) in [6.07, 6.45) is 1.45. The second-order valence-corrected chi connectivity index (χ2v) is 4.98. The van der Waals surface area contributed by atoms with Gasteiger partial charge in [0.2, 0.25) is 5.89 Å². The molecule has 0 saturated carbocycles. The van der Waals surface area contributed by atoms with Crippen LogP contribution in [0.5, 0.6) is 5.95 Å². The van der Waals surface area contributed by atoms with Gasteiger partial charge in [-0.15, -0.1) is 0 Å². The van der Waals surface area contributed by atoms with E-state index in [4.69, 9.17) is 4.42 Å². The van der Waals surface area contributed by atoms with Gasteiger partial charge >= 0.3 is 5.95 Å². The number of benzene rings is 1. The van der Waals surface area contributed by atoms with Crippen LogP contribution in [0.25, 0.3) is 11.5 Å². The third-order valence-corrected chi connectivity index (χ3v) is 3.06. The highest BCUT2D eigenvalue weighted by atomic mass is 16.5. The average molecular weight is 293 g/mol. The van der Waals surface area contributed by atoms with Gasteiger partial charge in [0, 0.05) is 11.3 Å². The van der Waals surface area contributed by atoms with Gasteiger partial charge in [0.05, 0.1) is 6.21 Å². The number of aryl methyl sites for hydroxylation is 2. The Morgan fingerprint density at radius 3 is 2.59 bits per heavy atom. The van der Waals surface area contributed by atoms with Crippen molar-refractivity contribution >= 4 is 12.0 Å². The molecule has 0 aliphatic carbocycles. The number of oxazole rings is 1. The van der Waals surface area contributed by atoms with Crippen molar-refractivity contribution in [2.45, 2.75) is 13.8 Å². The molecule has 2 heterocycles. The Balaban J connectivity index is 1.90. The normalized spacial score (nSPS) is 11.2. The molecule has 2 aromatic heterocycles. The van der Waals surface area contributed by atoms with Crippen LogP contribution in [0.4, 0.5) is 5.82 Å². The van der Waals surface area contributed by atoms with Gasteiger partial charge in [0.15, 0.2) is 11.5 Å². The van der Waals surface area contributed by atoms with E-state index in [-0.39, 0.29) is 11.6 Å². The van der Waals surface area contributed by atoms with Crippen molar-refractivity contribution in [3.8, 4) is 17.4 Å². The molecule has 3 rings (SSSR count). The zero-order valence-electron chi connectivity index (χ0n) is 12.3. The molecule has 5 heteroatoms. The van der Waals surface area contributed by atoms with E-state index in [9.17, 15) is 5.11 Å². The summed E-state index contributed by atoms with van der Waals surface area (Å²) in [5.41, 5.74) is 3.04. The molecule has 22 heavy (non-hydrogen) atoms. The molecule has 0 aliphatic heterocycles. The third-order valence-electron chi connectivity index (χ3n) is 3.06. The minimum atomic E-state index is -0.257. The first kappa shape index (κ1) is 14.0. The minimum Gasteiger partial charge on any atom is -0.479 e. The number of aromatic hydroxyl groups is 1. The van der Waals surface area contributed by atoms with Gasteiger partial charge in [-0.3, -0.25) is 0 Å². The quantitative estimate of drug-likeness (QED) is 0.745. The Kier molecular flexibility index (Phi) is 3.70. The van der Waals surface area contributed by atoms with Crippen molar-refractivity contribution in [2.75, 3.05) is 0 Å². The molecule has 0 atom stereocenters. The minimum absolute atomic E-state index is 0.257. The lowest BCUT2D eigenvalue weighted by Crippen LogP contribution is -1.86. The highest BCUT2D eigenvalue weighted by Gasteiger charge is 2.11. The molecule has 0 fully saturated rings. The van der Waals surface area contributed by atoms with E-state index >= 15 is 0 Å². The number of hydrogen-bond acceptors (Lipinski definition) is 5. The summed E-state index contributed by atoms with van der Waals surface area (Å²) in [5.74, 6) is 0.668. The zero-order valence-corrected chi connectivity index (χ0v) is 12.3. The summed E-state index contributed by atoms with van der Waals surface area (Å²) in [6.45, 7) is 3.89. The molecule has 110 valence electrons. The summed E-state index contributed by atoms with van der Waals surface area (Å²) in [6, 6.07) is 13.2. The van der Waals surface area contributed by atoms with Gasteiger partial charge in [0.1, 0.15) is 0 Å². The molecular weight excluding hydrogens is 278 g/mol. The smallest absolute Gasteiger partial charge is 0.312 e. The molecule has 0 amide bonds. The number of aliphatic imine (C=N–C) groups is 1. The topological polar surface area (TPSA) is 71.5 Å². The third kappa shape index (κ3) is 3.03. The van der Waals surface area contributed by atoms with Crippen molar-refractivity contribution in [1.82, 2.24) is 9.97 Å². The van der Waals surface area contributed by atoms with E-state index in [1.807, 2.05) is 56.3 Å². The van der Waals surface area contributed by atoms with E-state index in [0.29, 0.717) is 11.7 Å². The van der Waals surface area contributed by atoms with Crippen molar-refractivity contribution in [3.05, 3.63) is 59.4 Å². The SMILES string of the molecule is Cc1cc(C)nc(/N=C/c2nc(-c3ccccc3)oc2O)c1. The molecule has 1 N–H and O–H groups in total. The van der Waals surface area contributed by atoms with E-state index in [0.717, 1.165) is 16.8 Å². The Labute approximate surface area is 128 Å². The maximum atomic E-state index is 9.84. The zero-order chi connectivity index (χ0) is 15.5. The monoisotopic (exact) mass is 293 g/mol. The molecule has 5 nitrogen and oxygen atoms in total. The van der Waals surface area contributed by atoms with E-state index in [2.05, 4.69) is 15.0 Å². The summed E-state index contributed by atoms with van der Waals surface area (Å²) in [7, 11) is 0. The predicted octanol–water partition coefficient (Wildman–Crippen LogP) is 3.81. The Morgan fingerprint density at radius 2 is 1.86 bits per heavy atom. The predicted molar refractivity (Wildman–Crippen MR) is 84.6 cm³/mol. The molecule has 0 spiro atoms. The lowest BCUT2D eigenvalue weighted by molar-refractivity contribution is 0.337. The highest BCUT2D eigenvalue weighted by Crippen LogP contribution is 2.25. The van der Waals surface area contributed by atoms with Crippen LogP contribution in [0.3, 0.4) is 0 Å². The maximum absolute atomic E-state index is 9.84. The van der Waals surface area contributed by atoms with E-state index in [1.54, 1.807) is 0 Å². The molecule has 0 saturated heterocycles. The average Bonchev–Trinajstić information content (AvgIpc) is 2.86. The summed E-state index contributed by atoms with van der Waals surface area (Å²) >= 11 is 0. The summed E-state index contributed by atoms with van der Waals surface area (Å²) < 4.78 is 5.27. The van der Waals surface area contributed by atoms with Gasteiger partial charge in [-0.2, -0.15) is 0 Å². The van der Waals surface area contributed by atoms with Crippen LogP contribution in [0.2, 0.25) is 0 Å². The lowest BCUT2D eigenvalue weighted by atomic mass is 10.2. The van der Waals surface area contributed by atoms with Gasteiger partial charge in [-0.25, -0.2) is 15.0 Å². The number of rotatable bonds is 3. The largest absolute Gasteiger partial charge is 0.479 e. The first-order chi connectivity index (χ1) is 10.6. The van der Waals surface area contributed by atoms with Gasteiger partial charge in [-0.05, 0) is 43.7 Å². The highest BCUT2D eigenvalue weighted by molar-refractivity contribution is 5.82. The standard InChI is InChI=1S/C17H15N3O2/c1-11-8-12(2)19-15(9-11)18-10-14-17(21)22-16(20-14)13-6-4-3-5-7-13/h3-10,21H,1-2H3/b18-10+. The van der Waals surface area contributed by atoms with Crippen LogP contribution in [0, 0.1) is 13.8 Å². The van der Waals surface area contributed by atoms with Gasteiger partial charge in [-0.1, -0.05) is 18.2 Å². The fourth-order valence-electron chi connectivity index (χ4n) is 2.13. The molecule has 1 aromatic carbocycles. The van der Waals surface area contributed by atoms with Crippen molar-refractivity contribution < 1.29 is 9.52 Å². The van der Waals surface area contributed by atoms with Gasteiger partial charge < -0.3 is 9.52 Å². The lowest BCUT2D eigenvalue weighted by Gasteiger charge is -1.97. The second-order valence-electron chi connectivity index (χ2n) is 4.98. The fourth-order valence-corrected chi connectivity index (χ4v) is 2.13. The molecule has 0 bridgehead atoms. The number of pyridine rings is 1. The number of nitrogens with zero attached hydrogens (tertiary/aromatic N) is 3. The van der Waals surface area contributed by atoms with Crippen LogP contribution < -0.4 is 0 Å². The summed E-state index contributed by atoms with van der Waals surface area (Å²) in [4.78, 5) is 12.8. The van der Waals surface area contributed by atoms with Crippen LogP contribution in [0.15, 0.2) is 51.9 Å². The molecule has 0 aliphatic rings. The van der Waals surface area contributed by atoms with Gasteiger partial charge in [0.25, 0.3) is 0 Å². The Morgan fingerprint density at radius 1 is 1.09 bits per heavy atom. The molecule has 0 radical (unpaired) electrons. The van der Waals surface area contributed by atoms with Crippen LogP contribution in [-0.4, -0.2) is 21.3 Å². The first-order valence-electron chi connectivity index (χ1n) is 6.86. The molecular formula is C17H15N3O2. The Hall–Kier alpha value is -2.95. The Bertz CT molecular complexity index is 803. The molecule has 0 unspecified atom stereocenters. The van der Waals surface area contributed by atoms with Crippen LogP contribution in [-0.2, 0) is 0 Å². The summed E-state index contributed by atoms with van der Waals surface area (Å²) in [5, 5.41) is 9.84. The maximum Gasteiger partial charge on any atom is 0.312 e. The van der Waals surface area contributed by atoms with Crippen LogP contribution in [0.1, 0.15) is 17.0 Å². The number of aromatic nitrogens is 2. The molecule has 3 aromatic rings. The van der Waals surface area contributed by atoms with Crippen molar-refractivity contribution in [1.29, 1.82) is 0 Å². The van der Waals surface area contributed by atoms with E-state index in [1.165, 1.54) is 6.21 Å². The number of hydrogen-bond donors (Lipinski definition) is 1. The van der Waals surface area contributed by atoms with E-state index < -0.39 is 0 Å². The van der Waals surface area contributed by atoms with Crippen molar-refractivity contribution in [2.24, 2.45) is 4.99 Å². The fraction of sp³-hybridized carbons (Fsp3) is 0.118.